The maximum atomic E-state index is 10.7. The van der Waals surface area contributed by atoms with Crippen molar-refractivity contribution >= 4 is 0 Å². The van der Waals surface area contributed by atoms with Crippen LogP contribution in [0.4, 0.5) is 0 Å². The highest BCUT2D eigenvalue weighted by Gasteiger charge is 2.36. The molecule has 0 amide bonds. The first-order valence-corrected chi connectivity index (χ1v) is 7.64. The molecule has 2 aliphatic rings. The van der Waals surface area contributed by atoms with Crippen LogP contribution in [-0.4, -0.2) is 11.7 Å². The number of phenolic OH excluding ortho intramolecular Hbond substituents is 1. The molecule has 1 unspecified atom stereocenters. The number of nitrogens with one attached hydrogen (secondary N) is 1. The van der Waals surface area contributed by atoms with E-state index in [0.29, 0.717) is 5.75 Å². The van der Waals surface area contributed by atoms with Crippen molar-refractivity contribution in [3.05, 3.63) is 27.8 Å². The fourth-order valence-electron chi connectivity index (χ4n) is 4.18. The number of fused-ring (bicyclic) bond motifs is 1. The van der Waals surface area contributed by atoms with E-state index in [1.807, 2.05) is 0 Å². The van der Waals surface area contributed by atoms with Crippen molar-refractivity contribution < 1.29 is 5.11 Å². The molecule has 3 rings (SSSR count). The molecule has 1 fully saturated rings. The van der Waals surface area contributed by atoms with E-state index >= 15 is 0 Å². The highest BCUT2D eigenvalue weighted by molar-refractivity contribution is 5.57. The minimum absolute atomic E-state index is 0.0363. The van der Waals surface area contributed by atoms with Gasteiger partial charge in [0.1, 0.15) is 5.75 Å². The summed E-state index contributed by atoms with van der Waals surface area (Å²) in [6.45, 7) is 7.62. The van der Waals surface area contributed by atoms with Gasteiger partial charge in [-0.05, 0) is 88.1 Å². The van der Waals surface area contributed by atoms with Crippen molar-refractivity contribution in [3.63, 3.8) is 0 Å². The first-order chi connectivity index (χ1) is 9.04. The maximum Gasteiger partial charge on any atom is 0.124 e. The zero-order valence-corrected chi connectivity index (χ0v) is 12.4. The van der Waals surface area contributed by atoms with E-state index < -0.39 is 0 Å². The Kier molecular flexibility index (Phi) is 3.09. The summed E-state index contributed by atoms with van der Waals surface area (Å²) in [5.74, 6) is 0.551. The van der Waals surface area contributed by atoms with Crippen LogP contribution in [0.3, 0.4) is 0 Å². The van der Waals surface area contributed by atoms with Gasteiger partial charge < -0.3 is 10.4 Å². The Labute approximate surface area is 116 Å². The lowest BCUT2D eigenvalue weighted by atomic mass is 9.77. The van der Waals surface area contributed by atoms with Crippen LogP contribution in [0.25, 0.3) is 0 Å². The molecule has 1 aromatic rings. The standard InChI is InChI=1S/C17H25NO/c1-11-13-7-4-5-8-14(13)12(2)16(19)15(11)17(3)9-6-10-18-17/h18-19H,4-10H2,1-3H3. The number of benzene rings is 1. The molecule has 0 spiro atoms. The molecule has 1 atom stereocenters. The van der Waals surface area contributed by atoms with Gasteiger partial charge in [-0.15, -0.1) is 0 Å². The number of aromatic hydroxyl groups is 1. The molecule has 1 saturated heterocycles. The van der Waals surface area contributed by atoms with Crippen LogP contribution in [0.2, 0.25) is 0 Å². The summed E-state index contributed by atoms with van der Waals surface area (Å²) in [6.07, 6.45) is 7.21. The van der Waals surface area contributed by atoms with Gasteiger partial charge in [0.25, 0.3) is 0 Å². The van der Waals surface area contributed by atoms with Gasteiger partial charge in [0.15, 0.2) is 0 Å². The second-order valence-electron chi connectivity index (χ2n) is 6.50. The third-order valence-electron chi connectivity index (χ3n) is 5.26. The third kappa shape index (κ3) is 1.88. The summed E-state index contributed by atoms with van der Waals surface area (Å²) in [7, 11) is 0. The van der Waals surface area contributed by atoms with Gasteiger partial charge in [-0.1, -0.05) is 0 Å². The third-order valence-corrected chi connectivity index (χ3v) is 5.26. The minimum atomic E-state index is -0.0363. The molecule has 1 aliphatic carbocycles. The zero-order chi connectivity index (χ0) is 13.6. The Morgan fingerprint density at radius 1 is 1.00 bits per heavy atom. The average Bonchev–Trinajstić information content (AvgIpc) is 2.84. The topological polar surface area (TPSA) is 32.3 Å². The highest BCUT2D eigenvalue weighted by atomic mass is 16.3. The first kappa shape index (κ1) is 13.0. The maximum absolute atomic E-state index is 10.7. The average molecular weight is 259 g/mol. The van der Waals surface area contributed by atoms with Gasteiger partial charge in [-0.25, -0.2) is 0 Å². The van der Waals surface area contributed by atoms with Crippen LogP contribution in [0.1, 0.15) is 60.4 Å². The van der Waals surface area contributed by atoms with E-state index in [9.17, 15) is 5.11 Å². The molecule has 19 heavy (non-hydrogen) atoms. The number of hydrogen-bond acceptors (Lipinski definition) is 2. The Morgan fingerprint density at radius 3 is 2.21 bits per heavy atom. The normalized spacial score (nSPS) is 26.5. The molecule has 2 N–H and O–H groups in total. The molecule has 2 nitrogen and oxygen atoms in total. The molecule has 0 saturated carbocycles. The van der Waals surface area contributed by atoms with Crippen LogP contribution >= 0.6 is 0 Å². The van der Waals surface area contributed by atoms with Crippen molar-refractivity contribution in [2.45, 2.75) is 64.8 Å². The van der Waals surface area contributed by atoms with E-state index in [-0.39, 0.29) is 5.54 Å². The van der Waals surface area contributed by atoms with Crippen LogP contribution in [0.5, 0.6) is 5.75 Å². The molecule has 0 bridgehead atoms. The van der Waals surface area contributed by atoms with Gasteiger partial charge in [0, 0.05) is 11.1 Å². The molecule has 104 valence electrons. The summed E-state index contributed by atoms with van der Waals surface area (Å²) in [6, 6.07) is 0. The number of hydrogen-bond donors (Lipinski definition) is 2. The molecule has 1 aromatic carbocycles. The van der Waals surface area contributed by atoms with E-state index in [0.717, 1.165) is 24.9 Å². The lowest BCUT2D eigenvalue weighted by Gasteiger charge is -2.32. The molecule has 2 heteroatoms. The molecule has 0 aromatic heterocycles. The SMILES string of the molecule is Cc1c(O)c(C2(C)CCCN2)c(C)c2c1CCCC2. The van der Waals surface area contributed by atoms with Crippen molar-refractivity contribution in [1.29, 1.82) is 0 Å². The van der Waals surface area contributed by atoms with E-state index in [1.54, 1.807) is 0 Å². The predicted octanol–water partition coefficient (Wildman–Crippen LogP) is 3.49. The van der Waals surface area contributed by atoms with Crippen molar-refractivity contribution in [3.8, 4) is 5.75 Å². The Bertz CT molecular complexity index is 513. The molecule has 1 heterocycles. The van der Waals surface area contributed by atoms with Gasteiger partial charge in [-0.2, -0.15) is 0 Å². The lowest BCUT2D eigenvalue weighted by molar-refractivity contribution is 0.388. The molecule has 0 radical (unpaired) electrons. The summed E-state index contributed by atoms with van der Waals surface area (Å²) < 4.78 is 0. The summed E-state index contributed by atoms with van der Waals surface area (Å²) in [5, 5.41) is 14.3. The van der Waals surface area contributed by atoms with Gasteiger partial charge in [-0.3, -0.25) is 0 Å². The van der Waals surface area contributed by atoms with E-state index in [4.69, 9.17) is 0 Å². The van der Waals surface area contributed by atoms with Gasteiger partial charge in [0.05, 0.1) is 0 Å². The van der Waals surface area contributed by atoms with Crippen LogP contribution < -0.4 is 5.32 Å². The van der Waals surface area contributed by atoms with Crippen LogP contribution in [-0.2, 0) is 18.4 Å². The van der Waals surface area contributed by atoms with E-state index in [1.165, 1.54) is 47.9 Å². The summed E-state index contributed by atoms with van der Waals surface area (Å²) >= 11 is 0. The lowest BCUT2D eigenvalue weighted by Crippen LogP contribution is -2.34. The molecular formula is C17H25NO. The fraction of sp³-hybridized carbons (Fsp3) is 0.647. The van der Waals surface area contributed by atoms with Crippen molar-refractivity contribution in [2.24, 2.45) is 0 Å². The fourth-order valence-corrected chi connectivity index (χ4v) is 4.18. The monoisotopic (exact) mass is 259 g/mol. The zero-order valence-electron chi connectivity index (χ0n) is 12.4. The van der Waals surface area contributed by atoms with Crippen LogP contribution in [0.15, 0.2) is 0 Å². The quantitative estimate of drug-likeness (QED) is 0.809. The van der Waals surface area contributed by atoms with E-state index in [2.05, 4.69) is 26.1 Å². The van der Waals surface area contributed by atoms with Crippen molar-refractivity contribution in [1.82, 2.24) is 5.32 Å². The molecular weight excluding hydrogens is 234 g/mol. The Morgan fingerprint density at radius 2 is 1.63 bits per heavy atom. The predicted molar refractivity (Wildman–Crippen MR) is 78.8 cm³/mol. The second-order valence-corrected chi connectivity index (χ2v) is 6.50. The van der Waals surface area contributed by atoms with Gasteiger partial charge >= 0.3 is 0 Å². The highest BCUT2D eigenvalue weighted by Crippen LogP contribution is 2.44. The largest absolute Gasteiger partial charge is 0.507 e. The van der Waals surface area contributed by atoms with Crippen LogP contribution in [0, 0.1) is 13.8 Å². The number of rotatable bonds is 1. The first-order valence-electron chi connectivity index (χ1n) is 7.64. The van der Waals surface area contributed by atoms with Gasteiger partial charge in [0.2, 0.25) is 0 Å². The van der Waals surface area contributed by atoms with Crippen molar-refractivity contribution in [2.75, 3.05) is 6.54 Å². The summed E-state index contributed by atoms with van der Waals surface area (Å²) in [5.41, 5.74) is 6.55. The Hall–Kier alpha value is -1.02. The smallest absolute Gasteiger partial charge is 0.124 e. The minimum Gasteiger partial charge on any atom is -0.507 e. The Balaban J connectivity index is 2.22. The molecule has 1 aliphatic heterocycles. The number of phenols is 1. The second kappa shape index (κ2) is 4.52. The summed E-state index contributed by atoms with van der Waals surface area (Å²) in [4.78, 5) is 0.